The van der Waals surface area contributed by atoms with Crippen molar-refractivity contribution in [2.24, 2.45) is 0 Å². The summed E-state index contributed by atoms with van der Waals surface area (Å²) < 4.78 is 49.5. The van der Waals surface area contributed by atoms with Crippen molar-refractivity contribution in [2.45, 2.75) is 31.6 Å². The number of carbonyl (C=O) groups excluding carboxylic acids is 2. The lowest BCUT2D eigenvalue weighted by Gasteiger charge is -2.32. The van der Waals surface area contributed by atoms with Gasteiger partial charge in [0, 0.05) is 38.3 Å². The summed E-state index contributed by atoms with van der Waals surface area (Å²) in [6.07, 6.45) is -2.98. The Kier molecular flexibility index (Phi) is 8.38. The molecule has 0 spiro atoms. The molecular weight excluding hydrogens is 451 g/mol. The predicted octanol–water partition coefficient (Wildman–Crippen LogP) is 3.23. The number of hydrogen-bond donors (Lipinski definition) is 2. The molecule has 1 saturated heterocycles. The van der Waals surface area contributed by atoms with Crippen LogP contribution < -0.4 is 20.1 Å². The average molecular weight is 479 g/mol. The molecule has 0 bridgehead atoms. The Bertz CT molecular complexity index is 1010. The number of hydrogen-bond acceptors (Lipinski definition) is 5. The van der Waals surface area contributed by atoms with Gasteiger partial charge in [0.05, 0.1) is 12.7 Å². The van der Waals surface area contributed by atoms with Crippen LogP contribution in [0.4, 0.5) is 13.2 Å². The van der Waals surface area contributed by atoms with Crippen LogP contribution in [0.15, 0.2) is 42.5 Å². The number of rotatable bonds is 8. The summed E-state index contributed by atoms with van der Waals surface area (Å²) in [5, 5.41) is 5.46. The molecule has 1 aliphatic heterocycles. The third-order valence-corrected chi connectivity index (χ3v) is 5.65. The highest BCUT2D eigenvalue weighted by Crippen LogP contribution is 2.30. The van der Waals surface area contributed by atoms with Crippen LogP contribution in [-0.4, -0.2) is 56.6 Å². The largest absolute Gasteiger partial charge is 0.493 e. The first-order valence-corrected chi connectivity index (χ1v) is 10.9. The number of methoxy groups -OCH3 is 1. The van der Waals surface area contributed by atoms with Crippen molar-refractivity contribution < 1.29 is 32.2 Å². The van der Waals surface area contributed by atoms with Crippen LogP contribution in [0.5, 0.6) is 11.5 Å². The quantitative estimate of drug-likeness (QED) is 0.608. The van der Waals surface area contributed by atoms with Gasteiger partial charge in [-0.05, 0) is 42.7 Å². The Morgan fingerprint density at radius 3 is 2.47 bits per heavy atom. The second-order valence-corrected chi connectivity index (χ2v) is 8.05. The van der Waals surface area contributed by atoms with E-state index in [1.54, 1.807) is 24.3 Å². The van der Waals surface area contributed by atoms with Gasteiger partial charge in [0.2, 0.25) is 0 Å². The Labute approximate surface area is 196 Å². The van der Waals surface area contributed by atoms with E-state index in [0.717, 1.165) is 6.07 Å². The Morgan fingerprint density at radius 1 is 1.09 bits per heavy atom. The lowest BCUT2D eigenvalue weighted by atomic mass is 10.0. The minimum Gasteiger partial charge on any atom is -0.493 e. The van der Waals surface area contributed by atoms with Crippen LogP contribution in [0.2, 0.25) is 0 Å². The van der Waals surface area contributed by atoms with Crippen molar-refractivity contribution in [3.05, 3.63) is 59.2 Å². The molecule has 1 aliphatic rings. The minimum absolute atomic E-state index is 0.0413. The van der Waals surface area contributed by atoms with E-state index >= 15 is 0 Å². The molecule has 2 aromatic carbocycles. The van der Waals surface area contributed by atoms with Crippen LogP contribution >= 0.6 is 0 Å². The molecule has 3 rings (SSSR count). The molecule has 2 aromatic rings. The molecule has 2 amide bonds. The van der Waals surface area contributed by atoms with Gasteiger partial charge in [-0.25, -0.2) is 0 Å². The standard InChI is InChI=1S/C24H28F3N3O4/c1-28-22(31)15-34-20-7-6-17(13-21(20)33-2)23(32)29-19-8-10-30(11-9-19)14-16-4-3-5-18(12-16)24(25,26)27/h3-7,12-13,19H,8-11,14-15H2,1-2H3,(H,28,31)(H,29,32). The fourth-order valence-electron chi connectivity index (χ4n) is 3.75. The van der Waals surface area contributed by atoms with Crippen molar-refractivity contribution in [1.82, 2.24) is 15.5 Å². The average Bonchev–Trinajstić information content (AvgIpc) is 2.83. The third-order valence-electron chi connectivity index (χ3n) is 5.65. The molecule has 34 heavy (non-hydrogen) atoms. The number of alkyl halides is 3. The van der Waals surface area contributed by atoms with E-state index in [2.05, 4.69) is 15.5 Å². The van der Waals surface area contributed by atoms with E-state index in [-0.39, 0.29) is 24.5 Å². The fourth-order valence-corrected chi connectivity index (χ4v) is 3.75. The molecule has 7 nitrogen and oxygen atoms in total. The lowest BCUT2D eigenvalue weighted by molar-refractivity contribution is -0.137. The third kappa shape index (κ3) is 6.86. The molecule has 0 radical (unpaired) electrons. The number of carbonyl (C=O) groups is 2. The number of likely N-dealkylation sites (N-methyl/N-ethyl adjacent to an activating group) is 1. The van der Waals surface area contributed by atoms with Crippen LogP contribution in [0.3, 0.4) is 0 Å². The highest BCUT2D eigenvalue weighted by molar-refractivity contribution is 5.95. The molecule has 1 fully saturated rings. The second-order valence-electron chi connectivity index (χ2n) is 8.05. The highest BCUT2D eigenvalue weighted by atomic mass is 19.4. The second kappa shape index (κ2) is 11.2. The number of piperidine rings is 1. The summed E-state index contributed by atoms with van der Waals surface area (Å²) in [7, 11) is 2.95. The number of halogens is 3. The van der Waals surface area contributed by atoms with E-state index in [9.17, 15) is 22.8 Å². The molecule has 0 saturated carbocycles. The fraction of sp³-hybridized carbons (Fsp3) is 0.417. The number of ether oxygens (including phenoxy) is 2. The Balaban J connectivity index is 1.52. The van der Waals surface area contributed by atoms with Gasteiger partial charge in [-0.1, -0.05) is 18.2 Å². The number of nitrogens with zero attached hydrogens (tertiary/aromatic N) is 1. The van der Waals surface area contributed by atoms with Gasteiger partial charge < -0.3 is 20.1 Å². The van der Waals surface area contributed by atoms with E-state index in [0.29, 0.717) is 55.1 Å². The number of benzene rings is 2. The van der Waals surface area contributed by atoms with E-state index < -0.39 is 11.7 Å². The van der Waals surface area contributed by atoms with Gasteiger partial charge in [0.15, 0.2) is 18.1 Å². The van der Waals surface area contributed by atoms with Gasteiger partial charge >= 0.3 is 6.18 Å². The maximum absolute atomic E-state index is 12.9. The Hall–Kier alpha value is -3.27. The summed E-state index contributed by atoms with van der Waals surface area (Å²) >= 11 is 0. The van der Waals surface area contributed by atoms with E-state index in [4.69, 9.17) is 9.47 Å². The van der Waals surface area contributed by atoms with Gasteiger partial charge in [-0.2, -0.15) is 13.2 Å². The molecule has 0 unspecified atom stereocenters. The molecule has 0 aliphatic carbocycles. The monoisotopic (exact) mass is 479 g/mol. The van der Waals surface area contributed by atoms with E-state index in [1.165, 1.54) is 26.3 Å². The normalized spacial score (nSPS) is 15.0. The van der Waals surface area contributed by atoms with Crippen molar-refractivity contribution in [1.29, 1.82) is 0 Å². The minimum atomic E-state index is -4.36. The topological polar surface area (TPSA) is 79.9 Å². The summed E-state index contributed by atoms with van der Waals surface area (Å²) in [5.74, 6) is 0.147. The molecular formula is C24H28F3N3O4. The number of likely N-dealkylation sites (tertiary alicyclic amines) is 1. The molecule has 184 valence electrons. The summed E-state index contributed by atoms with van der Waals surface area (Å²) in [5.41, 5.74) is 0.367. The maximum atomic E-state index is 12.9. The van der Waals surface area contributed by atoms with Crippen molar-refractivity contribution >= 4 is 11.8 Å². The number of amides is 2. The SMILES string of the molecule is CNC(=O)COc1ccc(C(=O)NC2CCN(Cc3cccc(C(F)(F)F)c3)CC2)cc1OC. The Morgan fingerprint density at radius 2 is 1.82 bits per heavy atom. The predicted molar refractivity (Wildman–Crippen MR) is 120 cm³/mol. The zero-order chi connectivity index (χ0) is 24.7. The van der Waals surface area contributed by atoms with Crippen molar-refractivity contribution in [3.63, 3.8) is 0 Å². The van der Waals surface area contributed by atoms with Crippen LogP contribution in [-0.2, 0) is 17.5 Å². The van der Waals surface area contributed by atoms with Gasteiger partial charge in [0.25, 0.3) is 11.8 Å². The number of nitrogens with one attached hydrogen (secondary N) is 2. The summed E-state index contributed by atoms with van der Waals surface area (Å²) in [6.45, 7) is 1.59. The first kappa shape index (κ1) is 25.4. The molecule has 0 aromatic heterocycles. The van der Waals surface area contributed by atoms with Crippen molar-refractivity contribution in [2.75, 3.05) is 33.9 Å². The maximum Gasteiger partial charge on any atom is 0.416 e. The highest BCUT2D eigenvalue weighted by Gasteiger charge is 2.30. The van der Waals surface area contributed by atoms with Crippen LogP contribution in [0, 0.1) is 0 Å². The first-order chi connectivity index (χ1) is 16.2. The molecule has 0 atom stereocenters. The van der Waals surface area contributed by atoms with Gasteiger partial charge in [0.1, 0.15) is 0 Å². The summed E-state index contributed by atoms with van der Waals surface area (Å²) in [4.78, 5) is 26.2. The zero-order valence-corrected chi connectivity index (χ0v) is 19.1. The molecule has 2 N–H and O–H groups in total. The smallest absolute Gasteiger partial charge is 0.416 e. The van der Waals surface area contributed by atoms with Gasteiger partial charge in [-0.15, -0.1) is 0 Å². The lowest BCUT2D eigenvalue weighted by Crippen LogP contribution is -2.44. The molecule has 10 heteroatoms. The van der Waals surface area contributed by atoms with Crippen molar-refractivity contribution in [3.8, 4) is 11.5 Å². The van der Waals surface area contributed by atoms with Gasteiger partial charge in [-0.3, -0.25) is 14.5 Å². The zero-order valence-electron chi connectivity index (χ0n) is 19.1. The first-order valence-electron chi connectivity index (χ1n) is 10.9. The molecule has 1 heterocycles. The van der Waals surface area contributed by atoms with Crippen LogP contribution in [0.25, 0.3) is 0 Å². The van der Waals surface area contributed by atoms with E-state index in [1.807, 2.05) is 0 Å². The van der Waals surface area contributed by atoms with Crippen LogP contribution in [0.1, 0.15) is 34.3 Å². The summed E-state index contributed by atoms with van der Waals surface area (Å²) in [6, 6.07) is 10.1.